The van der Waals surface area contributed by atoms with E-state index in [1.54, 1.807) is 7.11 Å². The molecule has 0 aliphatic heterocycles. The zero-order valence-corrected chi connectivity index (χ0v) is 20.1. The van der Waals surface area contributed by atoms with Gasteiger partial charge in [-0.3, -0.25) is 0 Å². The molecule has 31 heavy (non-hydrogen) atoms. The molecule has 0 aromatic heterocycles. The molecule has 0 radical (unpaired) electrons. The van der Waals surface area contributed by atoms with Crippen LogP contribution in [0.25, 0.3) is 0 Å². The van der Waals surface area contributed by atoms with E-state index in [2.05, 4.69) is 67.4 Å². The van der Waals surface area contributed by atoms with Gasteiger partial charge in [-0.15, -0.1) is 0 Å². The number of ether oxygens (including phenoxy) is 2. The van der Waals surface area contributed by atoms with Crippen LogP contribution in [-0.2, 0) is 13.2 Å². The van der Waals surface area contributed by atoms with E-state index < -0.39 is 0 Å². The summed E-state index contributed by atoms with van der Waals surface area (Å²) in [6, 6.07) is 14.6. The average Bonchev–Trinajstić information content (AvgIpc) is 2.80. The molecule has 0 bridgehead atoms. The molecule has 0 heterocycles. The Morgan fingerprint density at radius 2 is 1.45 bits per heavy atom. The Labute approximate surface area is 189 Å². The Balaban J connectivity index is 1.75. The molecule has 4 heteroatoms. The molecule has 0 spiro atoms. The van der Waals surface area contributed by atoms with Crippen LogP contribution < -0.4 is 14.8 Å². The molecule has 1 N–H and O–H groups in total. The fourth-order valence-electron chi connectivity index (χ4n) is 3.55. The van der Waals surface area contributed by atoms with Gasteiger partial charge in [0.05, 0.1) is 7.11 Å². The van der Waals surface area contributed by atoms with Crippen LogP contribution in [0.4, 0.5) is 0 Å². The van der Waals surface area contributed by atoms with Gasteiger partial charge in [-0.05, 0) is 75.6 Å². The maximum atomic E-state index is 5.99. The molecule has 0 amide bonds. The van der Waals surface area contributed by atoms with Gasteiger partial charge in [0.15, 0.2) is 11.5 Å². The van der Waals surface area contributed by atoms with E-state index in [9.17, 15) is 0 Å². The summed E-state index contributed by atoms with van der Waals surface area (Å²) in [4.78, 5) is 2.62. The third kappa shape index (κ3) is 9.75. The van der Waals surface area contributed by atoms with Gasteiger partial charge in [0.1, 0.15) is 6.61 Å². The summed E-state index contributed by atoms with van der Waals surface area (Å²) in [6.07, 6.45) is 6.33. The van der Waals surface area contributed by atoms with Gasteiger partial charge >= 0.3 is 0 Å². The summed E-state index contributed by atoms with van der Waals surface area (Å²) in [5.74, 6) is 1.58. The minimum absolute atomic E-state index is 0.542. The third-order valence-corrected chi connectivity index (χ3v) is 5.56. The van der Waals surface area contributed by atoms with Crippen molar-refractivity contribution in [2.75, 3.05) is 33.3 Å². The Kier molecular flexibility index (Phi) is 12.1. The van der Waals surface area contributed by atoms with Gasteiger partial charge in [0.2, 0.25) is 0 Å². The van der Waals surface area contributed by atoms with Crippen molar-refractivity contribution < 1.29 is 9.47 Å². The zero-order valence-electron chi connectivity index (χ0n) is 20.1. The van der Waals surface area contributed by atoms with Gasteiger partial charge in [-0.2, -0.15) is 0 Å². The average molecular weight is 427 g/mol. The van der Waals surface area contributed by atoms with Crippen molar-refractivity contribution in [1.29, 1.82) is 0 Å². The number of benzene rings is 2. The van der Waals surface area contributed by atoms with Crippen LogP contribution in [-0.4, -0.2) is 38.2 Å². The van der Waals surface area contributed by atoms with E-state index in [-0.39, 0.29) is 0 Å². The SMILES string of the molecule is CCCCN(CCCC)CCCNCc1ccc(OCc2ccc(C)cc2)c(OC)c1. The van der Waals surface area contributed by atoms with Crippen molar-refractivity contribution in [2.24, 2.45) is 0 Å². The number of hydrogen-bond donors (Lipinski definition) is 1. The maximum absolute atomic E-state index is 5.99. The molecule has 0 saturated heterocycles. The molecular weight excluding hydrogens is 384 g/mol. The molecule has 0 atom stereocenters. The summed E-state index contributed by atoms with van der Waals surface area (Å²) in [5.41, 5.74) is 3.63. The molecule has 0 aliphatic carbocycles. The summed E-state index contributed by atoms with van der Waals surface area (Å²) in [6.45, 7) is 12.7. The number of unbranched alkanes of at least 4 members (excludes halogenated alkanes) is 2. The third-order valence-electron chi connectivity index (χ3n) is 5.56. The van der Waals surface area contributed by atoms with E-state index in [0.717, 1.165) is 30.2 Å². The Morgan fingerprint density at radius 3 is 2.10 bits per heavy atom. The van der Waals surface area contributed by atoms with Crippen LogP contribution in [0.5, 0.6) is 11.5 Å². The van der Waals surface area contributed by atoms with Gasteiger partial charge < -0.3 is 19.7 Å². The number of rotatable bonds is 16. The standard InChI is InChI=1S/C27H42N2O2/c1-5-7-17-29(18-8-6-2)19-9-16-28-21-25-14-15-26(27(20-25)30-4)31-22-24-12-10-23(3)11-13-24/h10-15,20,28H,5-9,16-19,21-22H2,1-4H3. The highest BCUT2D eigenvalue weighted by Gasteiger charge is 2.07. The van der Waals surface area contributed by atoms with Gasteiger partial charge in [0, 0.05) is 6.54 Å². The Bertz CT molecular complexity index is 723. The highest BCUT2D eigenvalue weighted by molar-refractivity contribution is 5.43. The first-order chi connectivity index (χ1) is 15.2. The molecule has 0 fully saturated rings. The maximum Gasteiger partial charge on any atom is 0.161 e. The van der Waals surface area contributed by atoms with Gasteiger partial charge in [-0.25, -0.2) is 0 Å². The molecule has 2 aromatic rings. The fourth-order valence-corrected chi connectivity index (χ4v) is 3.55. The van der Waals surface area contributed by atoms with E-state index in [4.69, 9.17) is 9.47 Å². The molecular formula is C27H42N2O2. The summed E-state index contributed by atoms with van der Waals surface area (Å²) >= 11 is 0. The van der Waals surface area contributed by atoms with Crippen LogP contribution in [0.1, 0.15) is 62.6 Å². The number of nitrogens with one attached hydrogen (secondary N) is 1. The molecule has 172 valence electrons. The lowest BCUT2D eigenvalue weighted by molar-refractivity contribution is 0.261. The molecule has 0 unspecified atom stereocenters. The van der Waals surface area contributed by atoms with E-state index >= 15 is 0 Å². The van der Waals surface area contributed by atoms with Crippen LogP contribution in [0.15, 0.2) is 42.5 Å². The lowest BCUT2D eigenvalue weighted by atomic mass is 10.1. The number of nitrogens with zero attached hydrogens (tertiary/aromatic N) is 1. The van der Waals surface area contributed by atoms with E-state index in [1.165, 1.54) is 62.9 Å². The zero-order chi connectivity index (χ0) is 22.3. The molecule has 2 rings (SSSR count). The van der Waals surface area contributed by atoms with Gasteiger partial charge in [0.25, 0.3) is 0 Å². The molecule has 4 nitrogen and oxygen atoms in total. The highest BCUT2D eigenvalue weighted by atomic mass is 16.5. The second kappa shape index (κ2) is 14.9. The topological polar surface area (TPSA) is 33.7 Å². The van der Waals surface area contributed by atoms with E-state index in [1.807, 2.05) is 6.07 Å². The van der Waals surface area contributed by atoms with Crippen LogP contribution in [0.3, 0.4) is 0 Å². The minimum Gasteiger partial charge on any atom is -0.493 e. The minimum atomic E-state index is 0.542. The highest BCUT2D eigenvalue weighted by Crippen LogP contribution is 2.28. The van der Waals surface area contributed by atoms with Crippen LogP contribution in [0, 0.1) is 6.92 Å². The van der Waals surface area contributed by atoms with Crippen molar-refractivity contribution in [3.8, 4) is 11.5 Å². The quantitative estimate of drug-likeness (QED) is 0.336. The van der Waals surface area contributed by atoms with E-state index in [0.29, 0.717) is 6.61 Å². The van der Waals surface area contributed by atoms with Crippen molar-refractivity contribution >= 4 is 0 Å². The lowest BCUT2D eigenvalue weighted by Crippen LogP contribution is -2.29. The second-order valence-corrected chi connectivity index (χ2v) is 8.34. The monoisotopic (exact) mass is 426 g/mol. The lowest BCUT2D eigenvalue weighted by Gasteiger charge is -2.22. The van der Waals surface area contributed by atoms with Crippen LogP contribution in [0.2, 0.25) is 0 Å². The van der Waals surface area contributed by atoms with Crippen molar-refractivity contribution in [1.82, 2.24) is 10.2 Å². The predicted molar refractivity (Wildman–Crippen MR) is 131 cm³/mol. The first kappa shape index (κ1) is 25.2. The van der Waals surface area contributed by atoms with Crippen molar-refractivity contribution in [2.45, 2.75) is 66.0 Å². The number of aryl methyl sites for hydroxylation is 1. The van der Waals surface area contributed by atoms with Crippen molar-refractivity contribution in [3.63, 3.8) is 0 Å². The van der Waals surface area contributed by atoms with Crippen molar-refractivity contribution in [3.05, 3.63) is 59.2 Å². The normalized spacial score (nSPS) is 11.1. The summed E-state index contributed by atoms with van der Waals surface area (Å²) in [5, 5.41) is 3.58. The number of methoxy groups -OCH3 is 1. The largest absolute Gasteiger partial charge is 0.493 e. The first-order valence-electron chi connectivity index (χ1n) is 11.9. The Hall–Kier alpha value is -2.04. The summed E-state index contributed by atoms with van der Waals surface area (Å²) < 4.78 is 11.6. The first-order valence-corrected chi connectivity index (χ1v) is 11.9. The second-order valence-electron chi connectivity index (χ2n) is 8.34. The smallest absolute Gasteiger partial charge is 0.161 e. The summed E-state index contributed by atoms with van der Waals surface area (Å²) in [7, 11) is 1.70. The Morgan fingerprint density at radius 1 is 0.806 bits per heavy atom. The molecule has 0 saturated carbocycles. The molecule has 2 aromatic carbocycles. The van der Waals surface area contributed by atoms with Gasteiger partial charge in [-0.1, -0.05) is 62.6 Å². The fraction of sp³-hybridized carbons (Fsp3) is 0.556. The predicted octanol–water partition coefficient (Wildman–Crippen LogP) is 5.96. The molecule has 0 aliphatic rings. The van der Waals surface area contributed by atoms with Crippen LogP contribution >= 0.6 is 0 Å². The number of hydrogen-bond acceptors (Lipinski definition) is 4.